The predicted molar refractivity (Wildman–Crippen MR) is 75.4 cm³/mol. The molecule has 0 saturated carbocycles. The van der Waals surface area contributed by atoms with Crippen molar-refractivity contribution in [3.8, 4) is 0 Å². The van der Waals surface area contributed by atoms with Crippen LogP contribution in [-0.2, 0) is 13.5 Å². The summed E-state index contributed by atoms with van der Waals surface area (Å²) in [5.74, 6) is 2.58. The predicted octanol–water partition coefficient (Wildman–Crippen LogP) is 2.06. The summed E-state index contributed by atoms with van der Waals surface area (Å²) in [5, 5.41) is 13.1. The van der Waals surface area contributed by atoms with Crippen LogP contribution in [0.25, 0.3) is 0 Å². The van der Waals surface area contributed by atoms with Gasteiger partial charge in [0, 0.05) is 26.1 Å². The van der Waals surface area contributed by atoms with Gasteiger partial charge < -0.3 is 9.88 Å². The fraction of sp³-hybridized carbons (Fsp3) is 0.500. The highest BCUT2D eigenvalue weighted by molar-refractivity contribution is 7.99. The van der Waals surface area contributed by atoms with E-state index in [4.69, 9.17) is 0 Å². The maximum atomic E-state index is 4.51. The molecule has 2 aromatic rings. The topological polar surface area (TPSA) is 68.5 Å². The fourth-order valence-electron chi connectivity index (χ4n) is 1.52. The van der Waals surface area contributed by atoms with E-state index in [0.29, 0.717) is 0 Å². The Hall–Kier alpha value is -1.63. The molecule has 0 fully saturated rings. The summed E-state index contributed by atoms with van der Waals surface area (Å²) < 4.78 is 1.95. The number of aromatic nitrogens is 5. The van der Waals surface area contributed by atoms with Crippen molar-refractivity contribution < 1.29 is 0 Å². The molecule has 2 heterocycles. The second-order valence-electron chi connectivity index (χ2n) is 4.08. The number of nitrogens with zero attached hydrogens (tertiary/aromatic N) is 5. The van der Waals surface area contributed by atoms with E-state index in [1.54, 1.807) is 0 Å². The molecular formula is C12H18N6S. The van der Waals surface area contributed by atoms with Gasteiger partial charge in [-0.05, 0) is 25.6 Å². The zero-order valence-corrected chi connectivity index (χ0v) is 12.5. The van der Waals surface area contributed by atoms with E-state index in [9.17, 15) is 0 Å². The third kappa shape index (κ3) is 3.23. The van der Waals surface area contributed by atoms with Gasteiger partial charge in [0.05, 0.1) is 0 Å². The first kappa shape index (κ1) is 13.8. The summed E-state index contributed by atoms with van der Waals surface area (Å²) in [7, 11) is 1.95. The second kappa shape index (κ2) is 6.01. The van der Waals surface area contributed by atoms with Crippen molar-refractivity contribution >= 4 is 17.6 Å². The van der Waals surface area contributed by atoms with Crippen LogP contribution in [0, 0.1) is 6.92 Å². The molecule has 19 heavy (non-hydrogen) atoms. The van der Waals surface area contributed by atoms with E-state index in [0.717, 1.165) is 40.6 Å². The summed E-state index contributed by atoms with van der Waals surface area (Å²) in [6.07, 6.45) is 0.810. The smallest absolute Gasteiger partial charge is 0.197 e. The molecule has 0 bridgehead atoms. The van der Waals surface area contributed by atoms with E-state index in [1.807, 2.05) is 38.5 Å². The van der Waals surface area contributed by atoms with Crippen molar-refractivity contribution in [2.45, 2.75) is 37.4 Å². The highest BCUT2D eigenvalue weighted by atomic mass is 32.2. The first-order valence-electron chi connectivity index (χ1n) is 6.29. The Labute approximate surface area is 117 Å². The Bertz CT molecular complexity index is 565. The molecule has 0 aliphatic rings. The maximum Gasteiger partial charge on any atom is 0.197 e. The average Bonchev–Trinajstić information content (AvgIpc) is 2.71. The Balaban J connectivity index is 2.28. The van der Waals surface area contributed by atoms with Gasteiger partial charge in [0.1, 0.15) is 22.5 Å². The minimum atomic E-state index is 0.810. The molecule has 0 amide bonds. The molecule has 0 aliphatic carbocycles. The van der Waals surface area contributed by atoms with E-state index in [1.165, 1.54) is 11.8 Å². The fourth-order valence-corrected chi connectivity index (χ4v) is 2.38. The van der Waals surface area contributed by atoms with Crippen LogP contribution in [0.2, 0.25) is 0 Å². The van der Waals surface area contributed by atoms with Crippen LogP contribution in [0.1, 0.15) is 25.5 Å². The molecular weight excluding hydrogens is 260 g/mol. The Morgan fingerprint density at radius 1 is 1.26 bits per heavy atom. The lowest BCUT2D eigenvalue weighted by molar-refractivity contribution is 0.763. The van der Waals surface area contributed by atoms with Gasteiger partial charge >= 0.3 is 0 Å². The zero-order valence-electron chi connectivity index (χ0n) is 11.6. The van der Waals surface area contributed by atoms with Gasteiger partial charge in [-0.15, -0.1) is 10.2 Å². The Kier molecular flexibility index (Phi) is 4.36. The summed E-state index contributed by atoms with van der Waals surface area (Å²) >= 11 is 1.50. The molecule has 0 unspecified atom stereocenters. The minimum Gasteiger partial charge on any atom is -0.370 e. The molecule has 2 rings (SSSR count). The average molecular weight is 278 g/mol. The van der Waals surface area contributed by atoms with Crippen molar-refractivity contribution in [2.24, 2.45) is 7.05 Å². The first-order chi connectivity index (χ1) is 9.13. The minimum absolute atomic E-state index is 0.810. The SMILES string of the molecule is CCNc1cc(Sc2nnc(C)n2C)nc(CC)n1. The summed E-state index contributed by atoms with van der Waals surface area (Å²) in [4.78, 5) is 8.94. The molecule has 0 spiro atoms. The van der Waals surface area contributed by atoms with E-state index >= 15 is 0 Å². The number of aryl methyl sites for hydroxylation is 2. The van der Waals surface area contributed by atoms with Gasteiger partial charge in [-0.3, -0.25) is 0 Å². The van der Waals surface area contributed by atoms with Crippen molar-refractivity contribution in [2.75, 3.05) is 11.9 Å². The molecule has 1 N–H and O–H groups in total. The van der Waals surface area contributed by atoms with Crippen molar-refractivity contribution in [3.05, 3.63) is 17.7 Å². The molecule has 0 radical (unpaired) electrons. The zero-order chi connectivity index (χ0) is 13.8. The van der Waals surface area contributed by atoms with Gasteiger partial charge in [0.25, 0.3) is 0 Å². The Morgan fingerprint density at radius 3 is 2.63 bits per heavy atom. The summed E-state index contributed by atoms with van der Waals surface area (Å²) in [5.41, 5.74) is 0. The normalized spacial score (nSPS) is 10.7. The summed E-state index contributed by atoms with van der Waals surface area (Å²) in [6.45, 7) is 6.87. The van der Waals surface area contributed by atoms with Gasteiger partial charge in [0.2, 0.25) is 0 Å². The van der Waals surface area contributed by atoms with Crippen LogP contribution in [0.15, 0.2) is 16.2 Å². The lowest BCUT2D eigenvalue weighted by Crippen LogP contribution is -2.04. The largest absolute Gasteiger partial charge is 0.370 e. The maximum absolute atomic E-state index is 4.51. The van der Waals surface area contributed by atoms with Gasteiger partial charge in [0.15, 0.2) is 5.16 Å². The van der Waals surface area contributed by atoms with Gasteiger partial charge in [-0.2, -0.15) is 0 Å². The quantitative estimate of drug-likeness (QED) is 0.844. The molecule has 102 valence electrons. The van der Waals surface area contributed by atoms with Crippen LogP contribution in [0.5, 0.6) is 0 Å². The van der Waals surface area contributed by atoms with Crippen LogP contribution in [-0.4, -0.2) is 31.3 Å². The molecule has 6 nitrogen and oxygen atoms in total. The van der Waals surface area contributed by atoms with Gasteiger partial charge in [-0.1, -0.05) is 6.92 Å². The highest BCUT2D eigenvalue weighted by Crippen LogP contribution is 2.26. The van der Waals surface area contributed by atoms with Crippen LogP contribution < -0.4 is 5.32 Å². The van der Waals surface area contributed by atoms with Crippen molar-refractivity contribution in [1.82, 2.24) is 24.7 Å². The lowest BCUT2D eigenvalue weighted by atomic mass is 10.4. The number of hydrogen-bond acceptors (Lipinski definition) is 6. The third-order valence-corrected chi connectivity index (χ3v) is 3.63. The number of anilines is 1. The molecule has 0 aromatic carbocycles. The van der Waals surface area contributed by atoms with Crippen LogP contribution in [0.4, 0.5) is 5.82 Å². The number of hydrogen-bond donors (Lipinski definition) is 1. The van der Waals surface area contributed by atoms with E-state index < -0.39 is 0 Å². The van der Waals surface area contributed by atoms with Crippen LogP contribution >= 0.6 is 11.8 Å². The number of rotatable bonds is 5. The monoisotopic (exact) mass is 278 g/mol. The Morgan fingerprint density at radius 2 is 2.05 bits per heavy atom. The highest BCUT2D eigenvalue weighted by Gasteiger charge is 2.10. The summed E-state index contributed by atoms with van der Waals surface area (Å²) in [6, 6.07) is 1.94. The molecule has 2 aromatic heterocycles. The van der Waals surface area contributed by atoms with Gasteiger partial charge in [-0.25, -0.2) is 9.97 Å². The number of nitrogens with one attached hydrogen (secondary N) is 1. The van der Waals surface area contributed by atoms with Crippen molar-refractivity contribution in [3.63, 3.8) is 0 Å². The van der Waals surface area contributed by atoms with Crippen LogP contribution in [0.3, 0.4) is 0 Å². The third-order valence-electron chi connectivity index (χ3n) is 2.67. The lowest BCUT2D eigenvalue weighted by Gasteiger charge is -2.07. The van der Waals surface area contributed by atoms with E-state index in [2.05, 4.69) is 25.5 Å². The standard InChI is InChI=1S/C12H18N6S/c1-5-9-14-10(13-6-2)7-11(15-9)19-12-17-16-8(3)18(12)4/h7H,5-6H2,1-4H3,(H,13,14,15). The van der Waals surface area contributed by atoms with Crippen molar-refractivity contribution in [1.29, 1.82) is 0 Å². The molecule has 0 saturated heterocycles. The second-order valence-corrected chi connectivity index (χ2v) is 5.07. The molecule has 0 aliphatic heterocycles. The molecule has 0 atom stereocenters. The van der Waals surface area contributed by atoms with E-state index in [-0.39, 0.29) is 0 Å². The molecule has 7 heteroatoms. The first-order valence-corrected chi connectivity index (χ1v) is 7.11.